The van der Waals surface area contributed by atoms with Crippen LogP contribution in [0, 0.1) is 0 Å². The van der Waals surface area contributed by atoms with E-state index in [0.29, 0.717) is 32.4 Å². The largest absolute Gasteiger partial charge is 0.368 e. The van der Waals surface area contributed by atoms with Gasteiger partial charge in [-0.2, -0.15) is 0 Å². The van der Waals surface area contributed by atoms with Crippen molar-refractivity contribution in [3.63, 3.8) is 0 Å². The average Bonchev–Trinajstić information content (AvgIpc) is 3.20. The van der Waals surface area contributed by atoms with Crippen molar-refractivity contribution in [3.05, 3.63) is 29.3 Å². The second-order valence-corrected chi connectivity index (χ2v) is 7.70. The van der Waals surface area contributed by atoms with Crippen molar-refractivity contribution in [1.82, 2.24) is 9.80 Å². The number of hydrogen-bond donors (Lipinski definition) is 1. The van der Waals surface area contributed by atoms with E-state index in [1.807, 2.05) is 25.1 Å². The van der Waals surface area contributed by atoms with Crippen LogP contribution in [0.1, 0.15) is 43.7 Å². The molecule has 152 valence electrons. The molecule has 0 saturated carbocycles. The molecule has 2 atom stereocenters. The van der Waals surface area contributed by atoms with Gasteiger partial charge in [-0.3, -0.25) is 14.4 Å². The molecule has 28 heavy (non-hydrogen) atoms. The molecular weight excluding hydrogens is 358 g/mol. The lowest BCUT2D eigenvalue weighted by molar-refractivity contribution is -0.151. The van der Waals surface area contributed by atoms with E-state index in [9.17, 15) is 14.4 Å². The average molecular weight is 387 g/mol. The molecular formula is C21H29N3O4. The minimum Gasteiger partial charge on any atom is -0.368 e. The molecule has 0 spiro atoms. The lowest BCUT2D eigenvalue weighted by Crippen LogP contribution is -2.54. The van der Waals surface area contributed by atoms with E-state index in [2.05, 4.69) is 5.32 Å². The van der Waals surface area contributed by atoms with Crippen LogP contribution in [-0.2, 0) is 32.1 Å². The van der Waals surface area contributed by atoms with Crippen molar-refractivity contribution in [2.75, 3.05) is 26.0 Å². The molecule has 2 aliphatic rings. The van der Waals surface area contributed by atoms with Gasteiger partial charge in [-0.05, 0) is 42.5 Å². The lowest BCUT2D eigenvalue weighted by Gasteiger charge is -2.38. The molecule has 1 fully saturated rings. The minimum absolute atomic E-state index is 0.0220. The first kappa shape index (κ1) is 20.3. The second kappa shape index (κ2) is 8.73. The molecule has 1 saturated heterocycles. The monoisotopic (exact) mass is 387 g/mol. The molecule has 2 heterocycles. The van der Waals surface area contributed by atoms with Gasteiger partial charge in [0.25, 0.3) is 5.91 Å². The molecule has 2 aliphatic heterocycles. The van der Waals surface area contributed by atoms with E-state index in [-0.39, 0.29) is 17.7 Å². The number of amides is 3. The number of benzene rings is 1. The van der Waals surface area contributed by atoms with Gasteiger partial charge in [-0.25, -0.2) is 0 Å². The lowest BCUT2D eigenvalue weighted by atomic mass is 9.92. The third kappa shape index (κ3) is 4.35. The Balaban J connectivity index is 1.86. The highest BCUT2D eigenvalue weighted by molar-refractivity contribution is 5.92. The maximum Gasteiger partial charge on any atom is 0.252 e. The van der Waals surface area contributed by atoms with Gasteiger partial charge in [-0.15, -0.1) is 0 Å². The van der Waals surface area contributed by atoms with Gasteiger partial charge in [-0.1, -0.05) is 13.0 Å². The molecule has 7 nitrogen and oxygen atoms in total. The van der Waals surface area contributed by atoms with Crippen LogP contribution in [0.2, 0.25) is 0 Å². The summed E-state index contributed by atoms with van der Waals surface area (Å²) in [6.07, 6.45) is 2.81. The molecule has 1 N–H and O–H groups in total. The molecule has 3 amide bonds. The van der Waals surface area contributed by atoms with E-state index >= 15 is 0 Å². The molecule has 3 rings (SSSR count). The van der Waals surface area contributed by atoms with Crippen molar-refractivity contribution >= 4 is 23.4 Å². The van der Waals surface area contributed by atoms with Crippen LogP contribution in [0.15, 0.2) is 18.2 Å². The Hall–Kier alpha value is -2.41. The zero-order chi connectivity index (χ0) is 20.3. The van der Waals surface area contributed by atoms with Crippen molar-refractivity contribution in [2.45, 2.75) is 57.7 Å². The first-order chi connectivity index (χ1) is 13.4. The maximum atomic E-state index is 13.1. The molecule has 0 aromatic heterocycles. The molecule has 0 unspecified atom stereocenters. The Kier molecular flexibility index (Phi) is 6.34. The minimum atomic E-state index is -0.528. The quantitative estimate of drug-likeness (QED) is 0.838. The standard InChI is InChI=1S/C21H29N3O4/c1-4-6-19(25)22-16-9-8-14-12-17(20(26)23(2)3)24(13-15(14)11-16)21(27)18-7-5-10-28-18/h8-9,11,17-18H,4-7,10,12-13H2,1-3H3,(H,22,25)/t17-,18-/m1/s1. The third-order valence-electron chi connectivity index (χ3n) is 5.31. The fourth-order valence-electron chi connectivity index (χ4n) is 3.82. The summed E-state index contributed by atoms with van der Waals surface area (Å²) in [6.45, 7) is 2.89. The number of rotatable bonds is 5. The van der Waals surface area contributed by atoms with Gasteiger partial charge in [0.1, 0.15) is 12.1 Å². The maximum absolute atomic E-state index is 13.1. The summed E-state index contributed by atoms with van der Waals surface area (Å²) >= 11 is 0. The van der Waals surface area contributed by atoms with Gasteiger partial charge in [0.2, 0.25) is 11.8 Å². The highest BCUT2D eigenvalue weighted by Crippen LogP contribution is 2.29. The van der Waals surface area contributed by atoms with E-state index in [1.165, 1.54) is 4.90 Å². The van der Waals surface area contributed by atoms with Gasteiger partial charge < -0.3 is 19.9 Å². The number of fused-ring (bicyclic) bond motifs is 1. The number of carbonyl (C=O) groups excluding carboxylic acids is 3. The van der Waals surface area contributed by atoms with E-state index in [0.717, 1.165) is 29.7 Å². The second-order valence-electron chi connectivity index (χ2n) is 7.70. The SMILES string of the molecule is CCCC(=O)Nc1ccc2c(c1)CN(C(=O)[C@H]1CCCO1)[C@@H](C(=O)N(C)C)C2. The predicted octanol–water partition coefficient (Wildman–Crippen LogP) is 1.95. The summed E-state index contributed by atoms with van der Waals surface area (Å²) in [6, 6.07) is 5.19. The highest BCUT2D eigenvalue weighted by Gasteiger charge is 2.39. The summed E-state index contributed by atoms with van der Waals surface area (Å²) < 4.78 is 5.57. The zero-order valence-electron chi connectivity index (χ0n) is 16.9. The Labute approximate surface area is 166 Å². The van der Waals surface area contributed by atoms with Gasteiger partial charge in [0.15, 0.2) is 0 Å². The normalized spacial score (nSPS) is 21.2. The number of anilines is 1. The van der Waals surface area contributed by atoms with Crippen LogP contribution in [-0.4, -0.2) is 60.4 Å². The van der Waals surface area contributed by atoms with Crippen molar-refractivity contribution in [1.29, 1.82) is 0 Å². The van der Waals surface area contributed by atoms with Gasteiger partial charge >= 0.3 is 0 Å². The highest BCUT2D eigenvalue weighted by atomic mass is 16.5. The van der Waals surface area contributed by atoms with Crippen molar-refractivity contribution < 1.29 is 19.1 Å². The van der Waals surface area contributed by atoms with Gasteiger partial charge in [0, 0.05) is 45.8 Å². The van der Waals surface area contributed by atoms with Crippen molar-refractivity contribution in [2.24, 2.45) is 0 Å². The summed E-state index contributed by atoms with van der Waals surface area (Å²) in [5.74, 6) is -0.229. The topological polar surface area (TPSA) is 79.0 Å². The summed E-state index contributed by atoms with van der Waals surface area (Å²) in [5, 5.41) is 2.90. The number of carbonyl (C=O) groups is 3. The molecule has 0 radical (unpaired) electrons. The van der Waals surface area contributed by atoms with E-state index in [1.54, 1.807) is 19.0 Å². The van der Waals surface area contributed by atoms with Crippen molar-refractivity contribution in [3.8, 4) is 0 Å². The number of nitrogens with one attached hydrogen (secondary N) is 1. The predicted molar refractivity (Wildman–Crippen MR) is 106 cm³/mol. The van der Waals surface area contributed by atoms with Crippen LogP contribution >= 0.6 is 0 Å². The number of hydrogen-bond acceptors (Lipinski definition) is 4. The first-order valence-electron chi connectivity index (χ1n) is 9.95. The smallest absolute Gasteiger partial charge is 0.252 e. The van der Waals surface area contributed by atoms with Crippen LogP contribution in [0.3, 0.4) is 0 Å². The Morgan fingerprint density at radius 1 is 1.25 bits per heavy atom. The van der Waals surface area contributed by atoms with E-state index in [4.69, 9.17) is 4.74 Å². The van der Waals surface area contributed by atoms with Gasteiger partial charge in [0.05, 0.1) is 0 Å². The Bertz CT molecular complexity index is 756. The molecule has 1 aromatic carbocycles. The molecule has 7 heteroatoms. The molecule has 1 aromatic rings. The van der Waals surface area contributed by atoms with Crippen LogP contribution in [0.4, 0.5) is 5.69 Å². The van der Waals surface area contributed by atoms with E-state index < -0.39 is 12.1 Å². The number of ether oxygens (including phenoxy) is 1. The molecule has 0 aliphatic carbocycles. The number of likely N-dealkylation sites (N-methyl/N-ethyl adjacent to an activating group) is 1. The molecule has 0 bridgehead atoms. The number of nitrogens with zero attached hydrogens (tertiary/aromatic N) is 2. The fraction of sp³-hybridized carbons (Fsp3) is 0.571. The van der Waals surface area contributed by atoms with Crippen LogP contribution in [0.5, 0.6) is 0 Å². The Morgan fingerprint density at radius 2 is 2.04 bits per heavy atom. The summed E-state index contributed by atoms with van der Waals surface area (Å²) in [5.41, 5.74) is 2.72. The third-order valence-corrected chi connectivity index (χ3v) is 5.31. The van der Waals surface area contributed by atoms with Crippen LogP contribution < -0.4 is 5.32 Å². The zero-order valence-corrected chi connectivity index (χ0v) is 16.9. The Morgan fingerprint density at radius 3 is 2.68 bits per heavy atom. The summed E-state index contributed by atoms with van der Waals surface area (Å²) in [4.78, 5) is 40.9. The first-order valence-corrected chi connectivity index (χ1v) is 9.95. The fourth-order valence-corrected chi connectivity index (χ4v) is 3.82. The van der Waals surface area contributed by atoms with Crippen LogP contribution in [0.25, 0.3) is 0 Å². The summed E-state index contributed by atoms with van der Waals surface area (Å²) in [7, 11) is 3.41.